The van der Waals surface area contributed by atoms with Gasteiger partial charge in [0.1, 0.15) is 11.4 Å². The van der Waals surface area contributed by atoms with Crippen molar-refractivity contribution in [2.75, 3.05) is 0 Å². The molecule has 9 aromatic rings. The summed E-state index contributed by atoms with van der Waals surface area (Å²) in [6.07, 6.45) is 1.38. The van der Waals surface area contributed by atoms with Crippen molar-refractivity contribution in [2.45, 2.75) is 12.8 Å². The van der Waals surface area contributed by atoms with E-state index >= 15 is 0 Å². The van der Waals surface area contributed by atoms with Crippen LogP contribution in [-0.2, 0) is 12.8 Å². The van der Waals surface area contributed by atoms with E-state index in [4.69, 9.17) is 19.4 Å². The van der Waals surface area contributed by atoms with Crippen LogP contribution < -0.4 is 0 Å². The summed E-state index contributed by atoms with van der Waals surface area (Å²) in [5.41, 5.74) is 8.23. The number of furan rings is 1. The van der Waals surface area contributed by atoms with Crippen LogP contribution in [-0.4, -0.2) is 19.5 Å². The standard InChI is InChI=1S/C41H28N4O/c1-3-13-28(14-4-1)40-42-37(43-41(44-40)29-15-5-2-6-16-29)26-25-27-17-11-20-32-33-21-12-24-36(39(33)46-38(27)32)45-34-22-9-7-18-30(34)31-19-8-10-23-35(31)45/h1-24H,25-26H2. The van der Waals surface area contributed by atoms with Crippen LogP contribution in [0.2, 0.25) is 0 Å². The van der Waals surface area contributed by atoms with Crippen molar-refractivity contribution in [3.63, 3.8) is 0 Å². The van der Waals surface area contributed by atoms with E-state index in [0.717, 1.165) is 67.6 Å². The molecule has 0 saturated carbocycles. The van der Waals surface area contributed by atoms with E-state index in [1.165, 1.54) is 10.8 Å². The first-order valence-corrected chi connectivity index (χ1v) is 15.6. The van der Waals surface area contributed by atoms with Crippen molar-refractivity contribution in [3.05, 3.63) is 157 Å². The van der Waals surface area contributed by atoms with Crippen LogP contribution in [0, 0.1) is 0 Å². The summed E-state index contributed by atoms with van der Waals surface area (Å²) in [7, 11) is 0. The second kappa shape index (κ2) is 10.8. The number of aryl methyl sites for hydroxylation is 2. The molecule has 0 aliphatic carbocycles. The summed E-state index contributed by atoms with van der Waals surface area (Å²) in [6.45, 7) is 0. The molecule has 0 spiro atoms. The van der Waals surface area contributed by atoms with Crippen LogP contribution in [0.1, 0.15) is 11.4 Å². The second-order valence-corrected chi connectivity index (χ2v) is 11.6. The summed E-state index contributed by atoms with van der Waals surface area (Å²) in [5.74, 6) is 2.12. The molecule has 3 aromatic heterocycles. The van der Waals surface area contributed by atoms with Gasteiger partial charge in [-0.1, -0.05) is 127 Å². The van der Waals surface area contributed by atoms with Gasteiger partial charge in [-0.05, 0) is 30.2 Å². The molecule has 3 heterocycles. The minimum Gasteiger partial charge on any atom is -0.454 e. The maximum Gasteiger partial charge on any atom is 0.163 e. The Morgan fingerprint density at radius 3 is 1.59 bits per heavy atom. The Kier molecular flexibility index (Phi) is 6.20. The van der Waals surface area contributed by atoms with Gasteiger partial charge in [-0.15, -0.1) is 0 Å². The molecule has 0 unspecified atom stereocenters. The minimum absolute atomic E-state index is 0.651. The molecule has 0 aliphatic rings. The Morgan fingerprint density at radius 2 is 0.957 bits per heavy atom. The molecule has 0 saturated heterocycles. The Balaban J connectivity index is 1.15. The Morgan fingerprint density at radius 1 is 0.435 bits per heavy atom. The van der Waals surface area contributed by atoms with Crippen LogP contribution in [0.4, 0.5) is 0 Å². The largest absolute Gasteiger partial charge is 0.454 e. The minimum atomic E-state index is 0.651. The van der Waals surface area contributed by atoms with E-state index in [1.54, 1.807) is 0 Å². The summed E-state index contributed by atoms with van der Waals surface area (Å²) in [4.78, 5) is 14.7. The number of aromatic nitrogens is 4. The number of benzene rings is 6. The first kappa shape index (κ1) is 26.3. The molecular formula is C41H28N4O. The molecule has 0 bridgehead atoms. The topological polar surface area (TPSA) is 56.7 Å². The molecule has 46 heavy (non-hydrogen) atoms. The zero-order valence-corrected chi connectivity index (χ0v) is 25.0. The molecular weight excluding hydrogens is 564 g/mol. The average Bonchev–Trinajstić information content (AvgIpc) is 3.68. The highest BCUT2D eigenvalue weighted by atomic mass is 16.3. The molecule has 0 fully saturated rings. The van der Waals surface area contributed by atoms with Gasteiger partial charge in [-0.25, -0.2) is 15.0 Å². The molecule has 9 rings (SSSR count). The SMILES string of the molecule is c1ccc(-c2nc(CCc3cccc4c3oc3c(-n5c6ccccc6c6ccccc65)cccc34)nc(-c3ccccc3)n2)cc1. The smallest absolute Gasteiger partial charge is 0.163 e. The second-order valence-electron chi connectivity index (χ2n) is 11.6. The molecule has 0 atom stereocenters. The lowest BCUT2D eigenvalue weighted by Crippen LogP contribution is -2.04. The number of hydrogen-bond donors (Lipinski definition) is 0. The van der Waals surface area contributed by atoms with Gasteiger partial charge in [0.05, 0.1) is 16.7 Å². The van der Waals surface area contributed by atoms with Crippen molar-refractivity contribution in [2.24, 2.45) is 0 Å². The number of fused-ring (bicyclic) bond motifs is 6. The fraction of sp³-hybridized carbons (Fsp3) is 0.0488. The predicted octanol–water partition coefficient (Wildman–Crippen LogP) is 9.99. The third-order valence-electron chi connectivity index (χ3n) is 8.77. The van der Waals surface area contributed by atoms with E-state index < -0.39 is 0 Å². The highest BCUT2D eigenvalue weighted by molar-refractivity contribution is 6.12. The fourth-order valence-electron chi connectivity index (χ4n) is 6.63. The summed E-state index contributed by atoms with van der Waals surface area (Å²) < 4.78 is 9.17. The molecule has 5 nitrogen and oxygen atoms in total. The highest BCUT2D eigenvalue weighted by Gasteiger charge is 2.19. The summed E-state index contributed by atoms with van der Waals surface area (Å²) in [6, 6.07) is 50.2. The Hall–Kier alpha value is -6.07. The van der Waals surface area contributed by atoms with E-state index in [1.807, 2.05) is 60.7 Å². The highest BCUT2D eigenvalue weighted by Crippen LogP contribution is 2.38. The lowest BCUT2D eigenvalue weighted by atomic mass is 10.0. The van der Waals surface area contributed by atoms with Crippen LogP contribution >= 0.6 is 0 Å². The number of nitrogens with zero attached hydrogens (tertiary/aromatic N) is 4. The zero-order valence-electron chi connectivity index (χ0n) is 25.0. The van der Waals surface area contributed by atoms with Crippen LogP contribution in [0.5, 0.6) is 0 Å². The van der Waals surface area contributed by atoms with Crippen LogP contribution in [0.25, 0.3) is 72.2 Å². The first-order valence-electron chi connectivity index (χ1n) is 15.6. The lowest BCUT2D eigenvalue weighted by molar-refractivity contribution is 0.658. The maximum atomic E-state index is 6.84. The van der Waals surface area contributed by atoms with Gasteiger partial charge in [-0.2, -0.15) is 0 Å². The van der Waals surface area contributed by atoms with Gasteiger partial charge in [0.2, 0.25) is 0 Å². The van der Waals surface area contributed by atoms with Crippen molar-refractivity contribution in [1.82, 2.24) is 19.5 Å². The summed E-state index contributed by atoms with van der Waals surface area (Å²) in [5, 5.41) is 4.68. The number of rotatable bonds is 6. The van der Waals surface area contributed by atoms with E-state index in [2.05, 4.69) is 89.5 Å². The molecule has 0 radical (unpaired) electrons. The van der Waals surface area contributed by atoms with Gasteiger partial charge in [0.25, 0.3) is 0 Å². The molecule has 5 heteroatoms. The van der Waals surface area contributed by atoms with Crippen LogP contribution in [0.15, 0.2) is 150 Å². The Bertz CT molecular complexity index is 2420. The zero-order chi connectivity index (χ0) is 30.5. The molecule has 0 N–H and O–H groups in total. The summed E-state index contributed by atoms with van der Waals surface area (Å²) >= 11 is 0. The maximum absolute atomic E-state index is 6.84. The fourth-order valence-corrected chi connectivity index (χ4v) is 6.63. The molecule has 218 valence electrons. The normalized spacial score (nSPS) is 11.7. The van der Waals surface area contributed by atoms with E-state index in [0.29, 0.717) is 18.1 Å². The first-order chi connectivity index (χ1) is 22.8. The monoisotopic (exact) mass is 592 g/mol. The third kappa shape index (κ3) is 4.36. The quantitative estimate of drug-likeness (QED) is 0.193. The number of hydrogen-bond acceptors (Lipinski definition) is 4. The third-order valence-corrected chi connectivity index (χ3v) is 8.77. The number of para-hydroxylation sites is 4. The lowest BCUT2D eigenvalue weighted by Gasteiger charge is -2.08. The van der Waals surface area contributed by atoms with Crippen molar-refractivity contribution in [3.8, 4) is 28.5 Å². The predicted molar refractivity (Wildman–Crippen MR) is 186 cm³/mol. The molecule has 0 aliphatic heterocycles. The molecule has 0 amide bonds. The van der Waals surface area contributed by atoms with Crippen molar-refractivity contribution >= 4 is 43.7 Å². The van der Waals surface area contributed by atoms with Gasteiger partial charge in [-0.3, -0.25) is 0 Å². The van der Waals surface area contributed by atoms with E-state index in [-0.39, 0.29) is 0 Å². The van der Waals surface area contributed by atoms with Gasteiger partial charge in [0, 0.05) is 39.1 Å². The molecule has 6 aromatic carbocycles. The average molecular weight is 593 g/mol. The van der Waals surface area contributed by atoms with Gasteiger partial charge < -0.3 is 8.98 Å². The van der Waals surface area contributed by atoms with Crippen LogP contribution in [0.3, 0.4) is 0 Å². The Labute approximate surface area is 265 Å². The van der Waals surface area contributed by atoms with E-state index in [9.17, 15) is 0 Å². The van der Waals surface area contributed by atoms with Crippen molar-refractivity contribution in [1.29, 1.82) is 0 Å². The van der Waals surface area contributed by atoms with Gasteiger partial charge in [0.15, 0.2) is 17.2 Å². The van der Waals surface area contributed by atoms with Crippen molar-refractivity contribution < 1.29 is 4.42 Å². The van der Waals surface area contributed by atoms with Gasteiger partial charge >= 0.3 is 0 Å².